The molecule has 2 nitrogen and oxygen atoms in total. The minimum atomic E-state index is 0.500. The molecule has 0 saturated carbocycles. The van der Waals surface area contributed by atoms with E-state index in [4.69, 9.17) is 5.84 Å². The predicted molar refractivity (Wildman–Crippen MR) is 117 cm³/mol. The molecule has 0 atom stereocenters. The van der Waals surface area contributed by atoms with Crippen LogP contribution in [0.25, 0.3) is 0 Å². The molecule has 0 aliphatic heterocycles. The van der Waals surface area contributed by atoms with E-state index in [1.165, 1.54) is 109 Å². The maximum Gasteiger partial charge on any atom is 0.0851 e. The predicted octanol–water partition coefficient (Wildman–Crippen LogP) is 7.39. The number of allylic oxidation sites excluding steroid dienone is 1. The van der Waals surface area contributed by atoms with Crippen LogP contribution in [0.15, 0.2) is 12.7 Å². The van der Waals surface area contributed by atoms with Crippen LogP contribution in [0.5, 0.6) is 0 Å². The lowest BCUT2D eigenvalue weighted by molar-refractivity contribution is -0.882. The summed E-state index contributed by atoms with van der Waals surface area (Å²) in [6.07, 6.45) is 26.4. The van der Waals surface area contributed by atoms with Gasteiger partial charge in [0.1, 0.15) is 0 Å². The van der Waals surface area contributed by atoms with Crippen LogP contribution in [-0.4, -0.2) is 25.7 Å². The molecule has 0 spiro atoms. The topological polar surface area (TPSA) is 26.0 Å². The molecule has 0 aliphatic rings. The first-order valence-corrected chi connectivity index (χ1v) is 11.1. The van der Waals surface area contributed by atoms with Gasteiger partial charge in [0.05, 0.1) is 21.1 Å². The van der Waals surface area contributed by atoms with Gasteiger partial charge in [-0.15, -0.1) is 6.58 Å². The smallest absolute Gasteiger partial charge is 0.0851 e. The average Bonchev–Trinajstić information content (AvgIpc) is 2.53. The van der Waals surface area contributed by atoms with E-state index in [1.54, 1.807) is 0 Å². The Morgan fingerprint density at radius 1 is 0.600 bits per heavy atom. The van der Waals surface area contributed by atoms with E-state index in [1.807, 2.05) is 27.2 Å². The second-order valence-corrected chi connectivity index (χ2v) is 8.50. The number of hydrogen-bond acceptors (Lipinski definition) is 1. The van der Waals surface area contributed by atoms with Crippen molar-refractivity contribution in [3.8, 4) is 0 Å². The Morgan fingerprint density at radius 3 is 1.08 bits per heavy atom. The molecule has 0 aromatic rings. The highest BCUT2D eigenvalue weighted by Gasteiger charge is 1.94. The van der Waals surface area contributed by atoms with E-state index < -0.39 is 0 Å². The van der Waals surface area contributed by atoms with E-state index in [2.05, 4.69) is 13.5 Å². The maximum absolute atomic E-state index is 5.29. The molecule has 25 heavy (non-hydrogen) atoms. The van der Waals surface area contributed by atoms with Crippen molar-refractivity contribution in [2.24, 2.45) is 5.84 Å². The van der Waals surface area contributed by atoms with Crippen molar-refractivity contribution in [2.75, 3.05) is 21.1 Å². The van der Waals surface area contributed by atoms with Gasteiger partial charge in [0, 0.05) is 0 Å². The molecule has 0 aromatic carbocycles. The van der Waals surface area contributed by atoms with E-state index in [-0.39, 0.29) is 0 Å². The summed E-state index contributed by atoms with van der Waals surface area (Å²) in [4.78, 5) is 0. The zero-order valence-corrected chi connectivity index (χ0v) is 18.3. The van der Waals surface area contributed by atoms with Crippen molar-refractivity contribution in [2.45, 2.75) is 116 Å². The van der Waals surface area contributed by atoms with Crippen molar-refractivity contribution in [3.05, 3.63) is 12.7 Å². The highest BCUT2D eigenvalue weighted by atomic mass is 15.5. The minimum Gasteiger partial charge on any atom is -0.255 e. The van der Waals surface area contributed by atoms with Gasteiger partial charge in [-0.1, -0.05) is 109 Å². The largest absolute Gasteiger partial charge is 0.255 e. The second-order valence-electron chi connectivity index (χ2n) is 8.50. The molecule has 0 saturated heterocycles. The third-order valence-electron chi connectivity index (χ3n) is 4.26. The molecule has 2 heteroatoms. The quantitative estimate of drug-likeness (QED) is 0.0950. The molecule has 0 rings (SSSR count). The van der Waals surface area contributed by atoms with Crippen molar-refractivity contribution in [3.63, 3.8) is 0 Å². The van der Waals surface area contributed by atoms with Crippen LogP contribution in [0.3, 0.4) is 0 Å². The van der Waals surface area contributed by atoms with Crippen LogP contribution in [-0.2, 0) is 0 Å². The minimum absolute atomic E-state index is 0.500. The first-order valence-electron chi connectivity index (χ1n) is 11.1. The fraction of sp³-hybridized carbons (Fsp3) is 0.913. The van der Waals surface area contributed by atoms with Gasteiger partial charge in [0.25, 0.3) is 0 Å². The van der Waals surface area contributed by atoms with Crippen LogP contribution in [0.2, 0.25) is 0 Å². The Hall–Kier alpha value is -0.340. The van der Waals surface area contributed by atoms with Gasteiger partial charge < -0.3 is 0 Å². The Labute approximate surface area is 160 Å². The average molecular weight is 356 g/mol. The maximum atomic E-state index is 5.29. The zero-order chi connectivity index (χ0) is 19.2. The van der Waals surface area contributed by atoms with Crippen LogP contribution >= 0.6 is 0 Å². The first-order chi connectivity index (χ1) is 11.9. The summed E-state index contributed by atoms with van der Waals surface area (Å²) in [5.41, 5.74) is 0. The summed E-state index contributed by atoms with van der Waals surface area (Å²) in [6.45, 7) is 6.06. The Bertz CT molecular complexity index is 237. The van der Waals surface area contributed by atoms with Gasteiger partial charge >= 0.3 is 0 Å². The molecule has 0 amide bonds. The molecular formula is C23H51N2+. The highest BCUT2D eigenvalue weighted by molar-refractivity contribution is 4.65. The van der Waals surface area contributed by atoms with Crippen molar-refractivity contribution in [1.82, 2.24) is 0 Å². The highest BCUT2D eigenvalue weighted by Crippen LogP contribution is 2.13. The summed E-state index contributed by atoms with van der Waals surface area (Å²) in [5, 5.41) is 0. The van der Waals surface area contributed by atoms with Crippen LogP contribution in [0.1, 0.15) is 116 Å². The summed E-state index contributed by atoms with van der Waals surface area (Å²) < 4.78 is 0.500. The molecule has 0 fully saturated rings. The normalized spacial score (nSPS) is 11.1. The summed E-state index contributed by atoms with van der Waals surface area (Å²) >= 11 is 0. The number of quaternary nitrogens is 1. The zero-order valence-electron chi connectivity index (χ0n) is 18.3. The summed E-state index contributed by atoms with van der Waals surface area (Å²) in [6, 6.07) is 0. The third-order valence-corrected chi connectivity index (χ3v) is 4.26. The number of hydrogen-bond donors (Lipinski definition) is 1. The lowest BCUT2D eigenvalue weighted by atomic mass is 10.0. The second kappa shape index (κ2) is 21.7. The van der Waals surface area contributed by atoms with E-state index >= 15 is 0 Å². The van der Waals surface area contributed by atoms with Gasteiger partial charge in [-0.2, -0.15) is 5.84 Å². The molecule has 0 heterocycles. The molecule has 0 unspecified atom stereocenters. The number of nitrogens with zero attached hydrogens (tertiary/aromatic N) is 1. The summed E-state index contributed by atoms with van der Waals surface area (Å²) in [5.74, 6) is 5.29. The number of nitrogens with two attached hydrogens (primary N) is 1. The van der Waals surface area contributed by atoms with Crippen LogP contribution < -0.4 is 5.84 Å². The molecule has 0 radical (unpaired) electrons. The van der Waals surface area contributed by atoms with Gasteiger partial charge in [0.2, 0.25) is 0 Å². The molecule has 152 valence electrons. The van der Waals surface area contributed by atoms with Gasteiger partial charge in [-0.05, 0) is 12.8 Å². The van der Waals surface area contributed by atoms with E-state index in [0.29, 0.717) is 4.59 Å². The lowest BCUT2D eigenvalue weighted by Gasteiger charge is -2.12. The third kappa shape index (κ3) is 40.0. The Kier molecular flexibility index (Phi) is 23.3. The number of rotatable bonds is 17. The monoisotopic (exact) mass is 355 g/mol. The Balaban J connectivity index is 0. The van der Waals surface area contributed by atoms with E-state index in [9.17, 15) is 0 Å². The molecular weight excluding hydrogens is 304 g/mol. The summed E-state index contributed by atoms with van der Waals surface area (Å²) in [7, 11) is 5.71. The van der Waals surface area contributed by atoms with Crippen molar-refractivity contribution >= 4 is 0 Å². The fourth-order valence-electron chi connectivity index (χ4n) is 2.84. The Morgan fingerprint density at radius 2 is 0.840 bits per heavy atom. The first kappa shape index (κ1) is 26.9. The van der Waals surface area contributed by atoms with Crippen LogP contribution in [0, 0.1) is 0 Å². The SMILES string of the molecule is C=CCCCCCCCCCCCCCCCCCC.C[N+](C)(C)N. The molecule has 2 N–H and O–H groups in total. The molecule has 0 aromatic heterocycles. The van der Waals surface area contributed by atoms with Gasteiger partial charge in [-0.3, -0.25) is 4.59 Å². The van der Waals surface area contributed by atoms with Crippen molar-refractivity contribution < 1.29 is 4.59 Å². The van der Waals surface area contributed by atoms with Gasteiger partial charge in [-0.25, -0.2) is 0 Å². The lowest BCUT2D eigenvalue weighted by Crippen LogP contribution is -2.41. The van der Waals surface area contributed by atoms with Crippen LogP contribution in [0.4, 0.5) is 0 Å². The molecule has 0 aliphatic carbocycles. The van der Waals surface area contributed by atoms with Crippen molar-refractivity contribution in [1.29, 1.82) is 0 Å². The fourth-order valence-corrected chi connectivity index (χ4v) is 2.84. The molecule has 0 bridgehead atoms. The number of unbranched alkanes of at least 4 members (excludes halogenated alkanes) is 16. The van der Waals surface area contributed by atoms with Gasteiger partial charge in [0.15, 0.2) is 0 Å². The van der Waals surface area contributed by atoms with E-state index in [0.717, 1.165) is 0 Å². The standard InChI is InChI=1S/C20H40.C3H11N2/c1-3-5-7-9-11-13-15-17-19-20-18-16-14-12-10-8-6-4-2;1-5(2,3)4/h3H,1,4-20H2,2H3;4H2,1-3H3/q;+1.